The molecule has 19 heavy (non-hydrogen) atoms. The molecule has 96 valence electrons. The van der Waals surface area contributed by atoms with Crippen molar-refractivity contribution in [3.63, 3.8) is 0 Å². The highest BCUT2D eigenvalue weighted by atomic mass is 15.3. The number of aromatic amines is 1. The Labute approximate surface area is 111 Å². The van der Waals surface area contributed by atoms with Crippen LogP contribution in [0.2, 0.25) is 0 Å². The van der Waals surface area contributed by atoms with Crippen molar-refractivity contribution in [1.29, 1.82) is 0 Å². The predicted molar refractivity (Wildman–Crippen MR) is 73.6 cm³/mol. The molecular weight excluding hydrogens is 238 g/mol. The molecule has 0 saturated heterocycles. The van der Waals surface area contributed by atoms with E-state index in [1.807, 2.05) is 24.4 Å². The van der Waals surface area contributed by atoms with Gasteiger partial charge in [-0.25, -0.2) is 0 Å². The van der Waals surface area contributed by atoms with Gasteiger partial charge in [0.1, 0.15) is 5.69 Å². The smallest absolute Gasteiger partial charge is 0.104 e. The lowest BCUT2D eigenvalue weighted by Crippen LogP contribution is -2.22. The minimum Gasteiger partial charge on any atom is -0.305 e. The van der Waals surface area contributed by atoms with Gasteiger partial charge in [0, 0.05) is 11.6 Å². The largest absolute Gasteiger partial charge is 0.305 e. The van der Waals surface area contributed by atoms with Gasteiger partial charge in [-0.05, 0) is 24.2 Å². The highest BCUT2D eigenvalue weighted by Gasteiger charge is 2.17. The molecule has 0 aliphatic carbocycles. The zero-order valence-corrected chi connectivity index (χ0v) is 10.7. The van der Waals surface area contributed by atoms with E-state index in [0.717, 1.165) is 23.1 Å². The topological polar surface area (TPSA) is 66.5 Å². The molecule has 2 N–H and O–H groups in total. The van der Waals surface area contributed by atoms with E-state index in [1.165, 1.54) is 5.56 Å². The molecule has 3 rings (SSSR count). The maximum atomic E-state index is 4.39. The second-order valence-corrected chi connectivity index (χ2v) is 4.30. The first-order valence-electron chi connectivity index (χ1n) is 6.33. The van der Waals surface area contributed by atoms with Crippen molar-refractivity contribution >= 4 is 10.9 Å². The van der Waals surface area contributed by atoms with Crippen LogP contribution in [0.25, 0.3) is 10.9 Å². The zero-order chi connectivity index (χ0) is 13.1. The van der Waals surface area contributed by atoms with Gasteiger partial charge in [0.25, 0.3) is 0 Å². The number of pyridine rings is 1. The van der Waals surface area contributed by atoms with Gasteiger partial charge in [0.15, 0.2) is 0 Å². The summed E-state index contributed by atoms with van der Waals surface area (Å²) in [5, 5.41) is 15.4. The molecular formula is C14H15N5. The molecule has 3 aromatic rings. The maximum Gasteiger partial charge on any atom is 0.104 e. The molecule has 0 amide bonds. The van der Waals surface area contributed by atoms with Crippen LogP contribution in [0.1, 0.15) is 24.2 Å². The molecule has 0 spiro atoms. The van der Waals surface area contributed by atoms with Crippen LogP contribution in [0.5, 0.6) is 0 Å². The Morgan fingerprint density at radius 2 is 2.21 bits per heavy atom. The van der Waals surface area contributed by atoms with Gasteiger partial charge >= 0.3 is 0 Å². The third kappa shape index (κ3) is 2.20. The Morgan fingerprint density at radius 3 is 3.00 bits per heavy atom. The summed E-state index contributed by atoms with van der Waals surface area (Å²) in [6.45, 7) is 2.94. The minimum absolute atomic E-state index is 0.0247. The third-order valence-electron chi connectivity index (χ3n) is 3.13. The molecule has 0 aliphatic rings. The molecule has 0 bridgehead atoms. The van der Waals surface area contributed by atoms with Crippen LogP contribution in [0.4, 0.5) is 0 Å². The SMILES string of the molecule is CCNC(c1cn[nH]n1)c1cccc2ncccc12. The van der Waals surface area contributed by atoms with E-state index in [1.54, 1.807) is 6.20 Å². The Kier molecular flexibility index (Phi) is 3.20. The monoisotopic (exact) mass is 253 g/mol. The fraction of sp³-hybridized carbons (Fsp3) is 0.214. The first kappa shape index (κ1) is 11.8. The number of hydrogen-bond donors (Lipinski definition) is 2. The van der Waals surface area contributed by atoms with Crippen molar-refractivity contribution < 1.29 is 0 Å². The van der Waals surface area contributed by atoms with Crippen molar-refractivity contribution in [2.75, 3.05) is 6.54 Å². The number of fused-ring (bicyclic) bond motifs is 1. The summed E-state index contributed by atoms with van der Waals surface area (Å²) in [7, 11) is 0. The lowest BCUT2D eigenvalue weighted by Gasteiger charge is -2.17. The van der Waals surface area contributed by atoms with Crippen molar-refractivity contribution in [3.8, 4) is 0 Å². The molecule has 2 aromatic heterocycles. The van der Waals surface area contributed by atoms with Crippen LogP contribution in [-0.4, -0.2) is 26.9 Å². The standard InChI is InChI=1S/C14H15N5/c1-2-15-14(13-9-17-19-18-13)11-5-3-7-12-10(11)6-4-8-16-12/h3-9,14-15H,2H2,1H3,(H,17,18,19). The fourth-order valence-corrected chi connectivity index (χ4v) is 2.31. The molecule has 0 saturated carbocycles. The molecule has 5 nitrogen and oxygen atoms in total. The van der Waals surface area contributed by atoms with E-state index < -0.39 is 0 Å². The summed E-state index contributed by atoms with van der Waals surface area (Å²) < 4.78 is 0. The minimum atomic E-state index is 0.0247. The second kappa shape index (κ2) is 5.16. The van der Waals surface area contributed by atoms with Crippen LogP contribution in [-0.2, 0) is 0 Å². The molecule has 1 aromatic carbocycles. The van der Waals surface area contributed by atoms with Gasteiger partial charge in [0.2, 0.25) is 0 Å². The van der Waals surface area contributed by atoms with Gasteiger partial charge in [0.05, 0.1) is 17.8 Å². The highest BCUT2D eigenvalue weighted by Crippen LogP contribution is 2.26. The van der Waals surface area contributed by atoms with Crippen molar-refractivity contribution in [1.82, 2.24) is 25.7 Å². The first-order chi connectivity index (χ1) is 9.40. The second-order valence-electron chi connectivity index (χ2n) is 4.30. The number of hydrogen-bond acceptors (Lipinski definition) is 4. The Balaban J connectivity index is 2.15. The molecule has 1 unspecified atom stereocenters. The number of H-pyrrole nitrogens is 1. The summed E-state index contributed by atoms with van der Waals surface area (Å²) in [5.74, 6) is 0. The number of aromatic nitrogens is 4. The van der Waals surface area contributed by atoms with E-state index >= 15 is 0 Å². The molecule has 0 fully saturated rings. The van der Waals surface area contributed by atoms with Crippen LogP contribution in [0.3, 0.4) is 0 Å². The summed E-state index contributed by atoms with van der Waals surface area (Å²) >= 11 is 0. The summed E-state index contributed by atoms with van der Waals surface area (Å²) in [5.41, 5.74) is 3.05. The van der Waals surface area contributed by atoms with E-state index in [-0.39, 0.29) is 6.04 Å². The lowest BCUT2D eigenvalue weighted by atomic mass is 9.99. The summed E-state index contributed by atoms with van der Waals surface area (Å²) in [6, 6.07) is 10.2. The highest BCUT2D eigenvalue weighted by molar-refractivity contribution is 5.82. The lowest BCUT2D eigenvalue weighted by molar-refractivity contribution is 0.617. The Morgan fingerprint density at radius 1 is 1.26 bits per heavy atom. The fourth-order valence-electron chi connectivity index (χ4n) is 2.31. The van der Waals surface area contributed by atoms with Gasteiger partial charge in [-0.3, -0.25) is 4.98 Å². The van der Waals surface area contributed by atoms with Crippen LogP contribution in [0.15, 0.2) is 42.7 Å². The van der Waals surface area contributed by atoms with E-state index in [9.17, 15) is 0 Å². The van der Waals surface area contributed by atoms with Crippen molar-refractivity contribution in [3.05, 3.63) is 54.0 Å². The van der Waals surface area contributed by atoms with Crippen LogP contribution >= 0.6 is 0 Å². The van der Waals surface area contributed by atoms with Gasteiger partial charge in [-0.1, -0.05) is 25.1 Å². The molecule has 2 heterocycles. The first-order valence-corrected chi connectivity index (χ1v) is 6.33. The number of nitrogens with zero attached hydrogens (tertiary/aromatic N) is 3. The molecule has 5 heteroatoms. The zero-order valence-electron chi connectivity index (χ0n) is 10.7. The number of nitrogens with one attached hydrogen (secondary N) is 2. The average molecular weight is 253 g/mol. The van der Waals surface area contributed by atoms with E-state index in [4.69, 9.17) is 0 Å². The van der Waals surface area contributed by atoms with Crippen LogP contribution < -0.4 is 5.32 Å². The normalized spacial score (nSPS) is 12.7. The summed E-state index contributed by atoms with van der Waals surface area (Å²) in [4.78, 5) is 4.39. The number of benzene rings is 1. The maximum absolute atomic E-state index is 4.39. The van der Waals surface area contributed by atoms with E-state index in [2.05, 4.69) is 44.8 Å². The Hall–Kier alpha value is -2.27. The van der Waals surface area contributed by atoms with Crippen molar-refractivity contribution in [2.24, 2.45) is 0 Å². The Bertz CT molecular complexity index is 657. The predicted octanol–water partition coefficient (Wildman–Crippen LogP) is 2.05. The third-order valence-corrected chi connectivity index (χ3v) is 3.13. The van der Waals surface area contributed by atoms with E-state index in [0.29, 0.717) is 0 Å². The summed E-state index contributed by atoms with van der Waals surface area (Å²) in [6.07, 6.45) is 3.56. The number of rotatable bonds is 4. The molecule has 0 aliphatic heterocycles. The molecule has 0 radical (unpaired) electrons. The van der Waals surface area contributed by atoms with Crippen LogP contribution in [0, 0.1) is 0 Å². The quantitative estimate of drug-likeness (QED) is 0.747. The van der Waals surface area contributed by atoms with Crippen molar-refractivity contribution in [2.45, 2.75) is 13.0 Å². The average Bonchev–Trinajstić information content (AvgIpc) is 2.98. The van der Waals surface area contributed by atoms with Gasteiger partial charge in [-0.15, -0.1) is 0 Å². The molecule has 1 atom stereocenters. The van der Waals surface area contributed by atoms with Gasteiger partial charge < -0.3 is 5.32 Å². The van der Waals surface area contributed by atoms with Gasteiger partial charge in [-0.2, -0.15) is 15.4 Å².